The average Bonchev–Trinajstić information content (AvgIpc) is 3.15. The first kappa shape index (κ1) is 16.5. The Morgan fingerprint density at radius 3 is 2.60 bits per heavy atom. The van der Waals surface area contributed by atoms with Crippen LogP contribution in [0.25, 0.3) is 11.1 Å². The summed E-state index contributed by atoms with van der Waals surface area (Å²) < 4.78 is 11.0. The van der Waals surface area contributed by atoms with E-state index in [0.717, 1.165) is 29.2 Å². The number of carbonyl (C=O) groups excluding carboxylic acids is 1. The van der Waals surface area contributed by atoms with Gasteiger partial charge in [0.05, 0.1) is 18.1 Å². The highest BCUT2D eigenvalue weighted by Gasteiger charge is 2.56. The lowest BCUT2D eigenvalue weighted by atomic mass is 9.45. The number of hydrogen-bond acceptors (Lipinski definition) is 3. The molecule has 2 bridgehead atoms. The van der Waals surface area contributed by atoms with E-state index in [9.17, 15) is 4.79 Å². The summed E-state index contributed by atoms with van der Waals surface area (Å²) in [6.07, 6.45) is 5.67. The van der Waals surface area contributed by atoms with Gasteiger partial charge in [0.15, 0.2) is 0 Å². The van der Waals surface area contributed by atoms with Crippen LogP contribution in [0.2, 0.25) is 0 Å². The first-order valence-corrected chi connectivity index (χ1v) is 9.24. The standard InChI is InChI=1S/C21H27NO3/c1-11-16-8-15(21(16,4)5)9-17(11)22-20(23)19-13(3)25-12(2)18(19)14-6-7-24-10-14/h6-7,10-11,15-17H,8-9H2,1-5H3,(H,22,23)/t11-,15+,16-,17?/m1/s1. The smallest absolute Gasteiger partial charge is 0.255 e. The fraction of sp³-hybridized carbons (Fsp3) is 0.571. The molecule has 5 rings (SSSR count). The molecule has 0 spiro atoms. The van der Waals surface area contributed by atoms with Gasteiger partial charge >= 0.3 is 0 Å². The van der Waals surface area contributed by atoms with Crippen molar-refractivity contribution in [3.63, 3.8) is 0 Å². The van der Waals surface area contributed by atoms with Gasteiger partial charge in [-0.25, -0.2) is 0 Å². The van der Waals surface area contributed by atoms with Crippen LogP contribution in [-0.4, -0.2) is 11.9 Å². The van der Waals surface area contributed by atoms with Crippen molar-refractivity contribution in [1.82, 2.24) is 5.32 Å². The lowest BCUT2D eigenvalue weighted by Gasteiger charge is -2.62. The summed E-state index contributed by atoms with van der Waals surface area (Å²) in [5, 5.41) is 3.31. The second-order valence-corrected chi connectivity index (χ2v) is 8.51. The highest BCUT2D eigenvalue weighted by Crippen LogP contribution is 2.61. The van der Waals surface area contributed by atoms with Gasteiger partial charge in [-0.1, -0.05) is 20.8 Å². The summed E-state index contributed by atoms with van der Waals surface area (Å²) in [4.78, 5) is 13.1. The number of hydrogen-bond donors (Lipinski definition) is 1. The first-order chi connectivity index (χ1) is 11.8. The van der Waals surface area contributed by atoms with Gasteiger partial charge in [0, 0.05) is 17.2 Å². The third kappa shape index (κ3) is 2.37. The molecule has 0 aromatic carbocycles. The van der Waals surface area contributed by atoms with E-state index in [0.29, 0.717) is 28.6 Å². The average molecular weight is 341 g/mol. The van der Waals surface area contributed by atoms with Gasteiger partial charge in [-0.3, -0.25) is 4.79 Å². The highest BCUT2D eigenvalue weighted by atomic mass is 16.3. The van der Waals surface area contributed by atoms with Crippen LogP contribution in [0.1, 0.15) is 55.5 Å². The Morgan fingerprint density at radius 1 is 1.24 bits per heavy atom. The van der Waals surface area contributed by atoms with Gasteiger partial charge in [0.2, 0.25) is 0 Å². The molecule has 2 aromatic heterocycles. The van der Waals surface area contributed by atoms with E-state index in [-0.39, 0.29) is 11.9 Å². The van der Waals surface area contributed by atoms with Crippen molar-refractivity contribution in [3.8, 4) is 11.1 Å². The molecule has 3 fully saturated rings. The third-order valence-electron chi connectivity index (χ3n) is 6.97. The Balaban J connectivity index is 1.59. The van der Waals surface area contributed by atoms with E-state index in [1.807, 2.05) is 19.9 Å². The van der Waals surface area contributed by atoms with Crippen molar-refractivity contribution in [2.24, 2.45) is 23.2 Å². The summed E-state index contributed by atoms with van der Waals surface area (Å²) in [5.41, 5.74) is 2.80. The largest absolute Gasteiger partial charge is 0.472 e. The number of rotatable bonds is 3. The molecule has 4 atom stereocenters. The number of aryl methyl sites for hydroxylation is 2. The number of carbonyl (C=O) groups is 1. The van der Waals surface area contributed by atoms with E-state index >= 15 is 0 Å². The minimum absolute atomic E-state index is 0.0264. The van der Waals surface area contributed by atoms with Crippen molar-refractivity contribution in [2.45, 2.75) is 53.5 Å². The zero-order valence-corrected chi connectivity index (χ0v) is 15.7. The maximum absolute atomic E-state index is 13.1. The molecule has 3 saturated carbocycles. The summed E-state index contributed by atoms with van der Waals surface area (Å²) in [5.74, 6) is 3.33. The van der Waals surface area contributed by atoms with Crippen molar-refractivity contribution in [3.05, 3.63) is 35.7 Å². The Labute approximate surface area is 149 Å². The molecule has 0 radical (unpaired) electrons. The van der Waals surface area contributed by atoms with Crippen LogP contribution in [0.4, 0.5) is 0 Å². The van der Waals surface area contributed by atoms with Crippen LogP contribution in [0, 0.1) is 37.0 Å². The SMILES string of the molecule is Cc1oc(C)c(-c2ccoc2)c1C(=O)NC1C[C@@H]2C[C@H]([C@H]1C)C2(C)C. The minimum Gasteiger partial charge on any atom is -0.472 e. The topological polar surface area (TPSA) is 55.4 Å². The predicted molar refractivity (Wildman–Crippen MR) is 96.3 cm³/mol. The second-order valence-electron chi connectivity index (χ2n) is 8.51. The van der Waals surface area contributed by atoms with Crippen LogP contribution < -0.4 is 5.32 Å². The fourth-order valence-electron chi connectivity index (χ4n) is 5.29. The number of fused-ring (bicyclic) bond motifs is 2. The third-order valence-corrected chi connectivity index (χ3v) is 6.97. The van der Waals surface area contributed by atoms with E-state index in [4.69, 9.17) is 8.83 Å². The maximum atomic E-state index is 13.1. The van der Waals surface area contributed by atoms with Gasteiger partial charge in [0.1, 0.15) is 11.5 Å². The predicted octanol–water partition coefficient (Wildman–Crippen LogP) is 4.96. The lowest BCUT2D eigenvalue weighted by Crippen LogP contribution is -2.60. The monoisotopic (exact) mass is 341 g/mol. The normalized spacial score (nSPS) is 30.0. The van der Waals surface area contributed by atoms with Crippen molar-refractivity contribution in [2.75, 3.05) is 0 Å². The maximum Gasteiger partial charge on any atom is 0.255 e. The molecular weight excluding hydrogens is 314 g/mol. The van der Waals surface area contributed by atoms with Crippen LogP contribution in [0.15, 0.2) is 27.4 Å². The van der Waals surface area contributed by atoms with Gasteiger partial charge in [-0.2, -0.15) is 0 Å². The van der Waals surface area contributed by atoms with Crippen LogP contribution in [0.5, 0.6) is 0 Å². The van der Waals surface area contributed by atoms with Crippen LogP contribution >= 0.6 is 0 Å². The van der Waals surface area contributed by atoms with E-state index in [2.05, 4.69) is 26.1 Å². The van der Waals surface area contributed by atoms with E-state index in [1.165, 1.54) is 6.42 Å². The minimum atomic E-state index is -0.0264. The highest BCUT2D eigenvalue weighted by molar-refractivity contribution is 6.02. The zero-order valence-electron chi connectivity index (χ0n) is 15.7. The molecule has 25 heavy (non-hydrogen) atoms. The Bertz CT molecular complexity index is 799. The molecule has 4 heteroatoms. The number of furan rings is 2. The molecule has 1 amide bonds. The summed E-state index contributed by atoms with van der Waals surface area (Å²) >= 11 is 0. The molecule has 3 aliphatic carbocycles. The molecule has 134 valence electrons. The van der Waals surface area contributed by atoms with Crippen molar-refractivity contribution >= 4 is 5.91 Å². The number of amides is 1. The molecule has 2 aromatic rings. The van der Waals surface area contributed by atoms with Crippen molar-refractivity contribution < 1.29 is 13.6 Å². The zero-order chi connectivity index (χ0) is 17.9. The Kier molecular flexibility index (Phi) is 3.64. The Morgan fingerprint density at radius 2 is 2.00 bits per heavy atom. The van der Waals surface area contributed by atoms with Crippen LogP contribution in [-0.2, 0) is 0 Å². The fourth-order valence-corrected chi connectivity index (χ4v) is 5.29. The first-order valence-electron chi connectivity index (χ1n) is 9.24. The molecule has 0 saturated heterocycles. The van der Waals surface area contributed by atoms with Gasteiger partial charge < -0.3 is 14.2 Å². The summed E-state index contributed by atoms with van der Waals surface area (Å²) in [7, 11) is 0. The second kappa shape index (κ2) is 5.52. The number of nitrogens with one attached hydrogen (secondary N) is 1. The van der Waals surface area contributed by atoms with Gasteiger partial charge in [0.25, 0.3) is 5.91 Å². The molecule has 1 unspecified atom stereocenters. The van der Waals surface area contributed by atoms with E-state index < -0.39 is 0 Å². The van der Waals surface area contributed by atoms with Crippen LogP contribution in [0.3, 0.4) is 0 Å². The quantitative estimate of drug-likeness (QED) is 0.858. The summed E-state index contributed by atoms with van der Waals surface area (Å²) in [6, 6.07) is 2.12. The Hall–Kier alpha value is -1.97. The lowest BCUT2D eigenvalue weighted by molar-refractivity contribution is -0.113. The molecule has 4 nitrogen and oxygen atoms in total. The molecule has 2 heterocycles. The molecule has 1 N–H and O–H groups in total. The molecule has 0 aliphatic heterocycles. The van der Waals surface area contributed by atoms with Crippen molar-refractivity contribution in [1.29, 1.82) is 0 Å². The van der Waals surface area contributed by atoms with Gasteiger partial charge in [-0.05, 0) is 55.9 Å². The molecular formula is C21H27NO3. The van der Waals surface area contributed by atoms with E-state index in [1.54, 1.807) is 12.5 Å². The van der Waals surface area contributed by atoms with Gasteiger partial charge in [-0.15, -0.1) is 0 Å². The molecule has 3 aliphatic rings. The summed E-state index contributed by atoms with van der Waals surface area (Å²) in [6.45, 7) is 10.8.